The summed E-state index contributed by atoms with van der Waals surface area (Å²) in [6.07, 6.45) is 1.62. The molecule has 0 bridgehead atoms. The van der Waals surface area contributed by atoms with Crippen molar-refractivity contribution in [2.75, 3.05) is 0 Å². The monoisotopic (exact) mass is 258 g/mol. The second kappa shape index (κ2) is 3.04. The lowest BCUT2D eigenvalue weighted by Crippen LogP contribution is -1.86. The van der Waals surface area contributed by atoms with E-state index in [1.165, 1.54) is 23.7 Å². The van der Waals surface area contributed by atoms with E-state index in [1.54, 1.807) is 6.20 Å². The Kier molecular flexibility index (Phi) is 2.01. The molecule has 2 rings (SSSR count). The lowest BCUT2D eigenvalue weighted by Gasteiger charge is -1.93. The summed E-state index contributed by atoms with van der Waals surface area (Å²) >= 11 is 4.58. The van der Waals surface area contributed by atoms with Gasteiger partial charge in [-0.2, -0.15) is 4.37 Å². The first-order chi connectivity index (χ1) is 6.18. The van der Waals surface area contributed by atoms with Crippen LogP contribution in [-0.2, 0) is 0 Å². The Bertz CT molecular complexity index is 482. The fourth-order valence-corrected chi connectivity index (χ4v) is 2.35. The van der Waals surface area contributed by atoms with Gasteiger partial charge in [-0.25, -0.2) is 0 Å². The lowest BCUT2D eigenvalue weighted by atomic mass is 10.2. The molecule has 0 N–H and O–H groups in total. The van der Waals surface area contributed by atoms with Crippen LogP contribution in [0.25, 0.3) is 10.1 Å². The minimum Gasteiger partial charge on any atom is -0.258 e. The van der Waals surface area contributed by atoms with Crippen molar-refractivity contribution in [1.82, 2.24) is 4.37 Å². The highest BCUT2D eigenvalue weighted by atomic mass is 79.9. The normalized spacial score (nSPS) is 10.5. The number of halogens is 1. The van der Waals surface area contributed by atoms with E-state index in [2.05, 4.69) is 20.3 Å². The quantitative estimate of drug-likeness (QED) is 0.584. The van der Waals surface area contributed by atoms with Gasteiger partial charge in [0.25, 0.3) is 5.69 Å². The molecule has 1 heterocycles. The van der Waals surface area contributed by atoms with Crippen LogP contribution in [0.15, 0.2) is 22.8 Å². The average molecular weight is 259 g/mol. The molecule has 0 unspecified atom stereocenters. The highest BCUT2D eigenvalue weighted by Crippen LogP contribution is 2.31. The van der Waals surface area contributed by atoms with Crippen LogP contribution >= 0.6 is 27.5 Å². The number of aromatic nitrogens is 1. The molecule has 13 heavy (non-hydrogen) atoms. The van der Waals surface area contributed by atoms with E-state index in [0.717, 1.165) is 14.6 Å². The lowest BCUT2D eigenvalue weighted by molar-refractivity contribution is -0.384. The summed E-state index contributed by atoms with van der Waals surface area (Å²) in [6.45, 7) is 0. The Morgan fingerprint density at radius 3 is 3.00 bits per heavy atom. The van der Waals surface area contributed by atoms with Crippen LogP contribution < -0.4 is 0 Å². The van der Waals surface area contributed by atoms with Gasteiger partial charge >= 0.3 is 0 Å². The standard InChI is InChI=1S/C7H3BrN2O2S/c8-6-2-5(10(11)12)1-4-3-9-13-7(4)6/h1-3H. The maximum Gasteiger partial charge on any atom is 0.271 e. The molecule has 1 aromatic heterocycles. The average Bonchev–Trinajstić information content (AvgIpc) is 2.51. The predicted octanol–water partition coefficient (Wildman–Crippen LogP) is 2.97. The summed E-state index contributed by atoms with van der Waals surface area (Å²) < 4.78 is 5.61. The van der Waals surface area contributed by atoms with Crippen molar-refractivity contribution in [1.29, 1.82) is 0 Å². The maximum absolute atomic E-state index is 10.5. The minimum atomic E-state index is -0.415. The molecule has 0 atom stereocenters. The largest absolute Gasteiger partial charge is 0.271 e. The Morgan fingerprint density at radius 2 is 2.31 bits per heavy atom. The van der Waals surface area contributed by atoms with Crippen molar-refractivity contribution in [3.63, 3.8) is 0 Å². The van der Waals surface area contributed by atoms with Gasteiger partial charge in [-0.05, 0) is 27.5 Å². The van der Waals surface area contributed by atoms with Crippen LogP contribution in [0.5, 0.6) is 0 Å². The van der Waals surface area contributed by atoms with Gasteiger partial charge in [0.1, 0.15) is 0 Å². The molecule has 2 aromatic rings. The van der Waals surface area contributed by atoms with Gasteiger partial charge in [0.2, 0.25) is 0 Å². The molecule has 0 aliphatic carbocycles. The van der Waals surface area contributed by atoms with Crippen molar-refractivity contribution in [3.05, 3.63) is 32.9 Å². The molecule has 0 amide bonds. The van der Waals surface area contributed by atoms with Gasteiger partial charge in [-0.15, -0.1) is 0 Å². The molecule has 0 saturated carbocycles. The second-order valence-corrected chi connectivity index (χ2v) is 4.08. The zero-order valence-electron chi connectivity index (χ0n) is 6.23. The fraction of sp³-hybridized carbons (Fsp3) is 0. The molecule has 0 aliphatic heterocycles. The summed E-state index contributed by atoms with van der Waals surface area (Å²) in [5.74, 6) is 0. The highest BCUT2D eigenvalue weighted by molar-refractivity contribution is 9.10. The third-order valence-corrected chi connectivity index (χ3v) is 3.34. The van der Waals surface area contributed by atoms with Crippen molar-refractivity contribution in [3.8, 4) is 0 Å². The summed E-state index contributed by atoms with van der Waals surface area (Å²) in [7, 11) is 0. The zero-order valence-corrected chi connectivity index (χ0v) is 8.63. The number of non-ortho nitro benzene ring substituents is 1. The third kappa shape index (κ3) is 1.42. The van der Waals surface area contributed by atoms with E-state index in [-0.39, 0.29) is 5.69 Å². The van der Waals surface area contributed by atoms with E-state index in [9.17, 15) is 10.1 Å². The number of rotatable bonds is 1. The molecule has 4 nitrogen and oxygen atoms in total. The Balaban J connectivity index is 2.77. The first-order valence-electron chi connectivity index (χ1n) is 3.37. The molecule has 0 fully saturated rings. The maximum atomic E-state index is 10.5. The molecule has 0 spiro atoms. The van der Waals surface area contributed by atoms with Crippen LogP contribution in [0.4, 0.5) is 5.69 Å². The SMILES string of the molecule is O=[N+]([O-])c1cc(Br)c2sncc2c1. The third-order valence-electron chi connectivity index (χ3n) is 1.60. The second-order valence-electron chi connectivity index (χ2n) is 2.43. The Hall–Kier alpha value is -1.01. The van der Waals surface area contributed by atoms with Crippen LogP contribution in [0.2, 0.25) is 0 Å². The molecule has 0 saturated heterocycles. The molecule has 66 valence electrons. The van der Waals surface area contributed by atoms with E-state index >= 15 is 0 Å². The molecular formula is C7H3BrN2O2S. The van der Waals surface area contributed by atoms with Crippen molar-refractivity contribution in [2.24, 2.45) is 0 Å². The van der Waals surface area contributed by atoms with E-state index < -0.39 is 4.92 Å². The first kappa shape index (κ1) is 8.58. The first-order valence-corrected chi connectivity index (χ1v) is 4.93. The summed E-state index contributed by atoms with van der Waals surface area (Å²) in [4.78, 5) is 10.1. The number of benzene rings is 1. The molecular weight excluding hydrogens is 256 g/mol. The van der Waals surface area contributed by atoms with Crippen molar-refractivity contribution in [2.45, 2.75) is 0 Å². The number of nitro benzene ring substituents is 1. The summed E-state index contributed by atoms with van der Waals surface area (Å²) in [6, 6.07) is 3.00. The fourth-order valence-electron chi connectivity index (χ4n) is 1.03. The van der Waals surface area contributed by atoms with E-state index in [4.69, 9.17) is 0 Å². The number of hydrogen-bond donors (Lipinski definition) is 0. The van der Waals surface area contributed by atoms with Gasteiger partial charge in [0, 0.05) is 28.2 Å². The Morgan fingerprint density at radius 1 is 1.54 bits per heavy atom. The number of nitro groups is 1. The smallest absolute Gasteiger partial charge is 0.258 e. The van der Waals surface area contributed by atoms with Crippen molar-refractivity contribution < 1.29 is 4.92 Å². The molecule has 0 radical (unpaired) electrons. The van der Waals surface area contributed by atoms with Crippen LogP contribution in [0.1, 0.15) is 0 Å². The highest BCUT2D eigenvalue weighted by Gasteiger charge is 2.10. The van der Waals surface area contributed by atoms with Gasteiger partial charge in [-0.3, -0.25) is 10.1 Å². The number of hydrogen-bond acceptors (Lipinski definition) is 4. The zero-order chi connectivity index (χ0) is 9.42. The molecule has 1 aromatic carbocycles. The Labute approximate surface area is 85.6 Å². The number of fused-ring (bicyclic) bond motifs is 1. The number of nitrogens with zero attached hydrogens (tertiary/aromatic N) is 2. The summed E-state index contributed by atoms with van der Waals surface area (Å²) in [5, 5.41) is 11.3. The minimum absolute atomic E-state index is 0.0829. The van der Waals surface area contributed by atoms with Gasteiger partial charge in [-0.1, -0.05) is 0 Å². The van der Waals surface area contributed by atoms with E-state index in [0.29, 0.717) is 0 Å². The molecule has 0 aliphatic rings. The topological polar surface area (TPSA) is 56.0 Å². The van der Waals surface area contributed by atoms with Gasteiger partial charge in [0.05, 0.1) is 9.62 Å². The van der Waals surface area contributed by atoms with Crippen molar-refractivity contribution >= 4 is 43.2 Å². The van der Waals surface area contributed by atoms with Gasteiger partial charge < -0.3 is 0 Å². The van der Waals surface area contributed by atoms with Crippen LogP contribution in [0, 0.1) is 10.1 Å². The molecule has 6 heteroatoms. The van der Waals surface area contributed by atoms with Crippen LogP contribution in [-0.4, -0.2) is 9.30 Å². The van der Waals surface area contributed by atoms with Crippen LogP contribution in [0.3, 0.4) is 0 Å². The predicted molar refractivity (Wildman–Crippen MR) is 54.0 cm³/mol. The van der Waals surface area contributed by atoms with Gasteiger partial charge in [0.15, 0.2) is 0 Å². The van der Waals surface area contributed by atoms with E-state index in [1.807, 2.05) is 0 Å². The summed E-state index contributed by atoms with van der Waals surface area (Å²) in [5.41, 5.74) is 0.0829.